The Kier molecular flexibility index (Phi) is 8.40. The summed E-state index contributed by atoms with van der Waals surface area (Å²) in [4.78, 5) is 0. The van der Waals surface area contributed by atoms with Gasteiger partial charge in [0.1, 0.15) is 5.82 Å². The maximum Gasteiger partial charge on any atom is 0.636 e. The molecule has 2 nitrogen and oxygen atoms in total. The molecule has 0 fully saturated rings. The number of halogens is 17. The van der Waals surface area contributed by atoms with Crippen molar-refractivity contribution in [3.8, 4) is 22.6 Å². The van der Waals surface area contributed by atoms with Gasteiger partial charge in [-0.3, -0.25) is 0 Å². The van der Waals surface area contributed by atoms with Crippen molar-refractivity contribution in [3.63, 3.8) is 0 Å². The Morgan fingerprint density at radius 2 is 0.682 bits per heavy atom. The van der Waals surface area contributed by atoms with Crippen molar-refractivity contribution in [1.82, 2.24) is 0 Å². The second kappa shape index (κ2) is 11.5. The van der Waals surface area contributed by atoms with Gasteiger partial charge in [0.15, 0.2) is 58.0 Å². The Balaban J connectivity index is 2.09. The van der Waals surface area contributed by atoms with Gasteiger partial charge < -0.3 is 9.31 Å². The molecule has 0 heterocycles. The molecule has 4 aromatic carbocycles. The zero-order valence-corrected chi connectivity index (χ0v) is 20.0. The van der Waals surface area contributed by atoms with E-state index >= 15 is 0 Å². The monoisotopic (exact) mass is 656 g/mol. The topological polar surface area (TPSA) is 18.5 Å². The van der Waals surface area contributed by atoms with E-state index in [0.717, 1.165) is 0 Å². The number of rotatable bonds is 6. The Morgan fingerprint density at radius 1 is 0.341 bits per heavy atom. The summed E-state index contributed by atoms with van der Waals surface area (Å²) in [6.07, 6.45) is 0. The molecule has 0 radical (unpaired) electrons. The highest BCUT2D eigenvalue weighted by atomic mass is 19.2. The average Bonchev–Trinajstić information content (AvgIpc) is 2.99. The molecule has 0 aliphatic heterocycles. The molecular weight excluding hydrogens is 654 g/mol. The second-order valence-electron chi connectivity index (χ2n) is 8.16. The van der Waals surface area contributed by atoms with Crippen molar-refractivity contribution in [2.45, 2.75) is 0 Å². The minimum absolute atomic E-state index is 0.244. The lowest BCUT2D eigenvalue weighted by Gasteiger charge is -2.22. The fraction of sp³-hybridized carbons (Fsp3) is 0. The molecule has 232 valence electrons. The van der Waals surface area contributed by atoms with E-state index in [1.807, 2.05) is 0 Å². The summed E-state index contributed by atoms with van der Waals surface area (Å²) < 4.78 is 249. The van der Waals surface area contributed by atoms with Gasteiger partial charge in [0.2, 0.25) is 46.5 Å². The Labute approximate surface area is 231 Å². The third kappa shape index (κ3) is 5.00. The minimum Gasteiger partial charge on any atom is -0.519 e. The smallest absolute Gasteiger partial charge is 0.519 e. The van der Waals surface area contributed by atoms with Gasteiger partial charge in [0, 0.05) is 6.07 Å². The first-order chi connectivity index (χ1) is 20.4. The largest absolute Gasteiger partial charge is 0.636 e. The molecule has 0 aliphatic carbocycles. The summed E-state index contributed by atoms with van der Waals surface area (Å²) in [6, 6.07) is -0.492. The zero-order chi connectivity index (χ0) is 33.1. The van der Waals surface area contributed by atoms with Crippen molar-refractivity contribution < 1.29 is 83.9 Å². The minimum atomic E-state index is -3.62. The molecule has 20 heteroatoms. The zero-order valence-electron chi connectivity index (χ0n) is 20.0. The molecule has 0 saturated carbocycles. The van der Waals surface area contributed by atoms with Crippen molar-refractivity contribution in [2.75, 3.05) is 0 Å². The molecule has 0 atom stereocenters. The molecule has 0 unspecified atom stereocenters. The van der Waals surface area contributed by atoms with Crippen LogP contribution in [0.5, 0.6) is 11.5 Å². The first-order valence-corrected chi connectivity index (χ1v) is 10.8. The third-order valence-corrected chi connectivity index (χ3v) is 5.58. The molecule has 4 rings (SSSR count). The van der Waals surface area contributed by atoms with Crippen LogP contribution in [0.15, 0.2) is 12.1 Å². The van der Waals surface area contributed by atoms with Crippen LogP contribution in [-0.2, 0) is 0 Å². The summed E-state index contributed by atoms with van der Waals surface area (Å²) in [5, 5.41) is 0. The van der Waals surface area contributed by atoms with Crippen LogP contribution in [0.1, 0.15) is 0 Å². The van der Waals surface area contributed by atoms with Gasteiger partial charge in [-0.1, -0.05) is 0 Å². The van der Waals surface area contributed by atoms with Crippen LogP contribution in [0.4, 0.5) is 74.6 Å². The molecule has 0 spiro atoms. The Hall–Kier alpha value is -4.65. The molecule has 0 saturated heterocycles. The highest BCUT2D eigenvalue weighted by Crippen LogP contribution is 2.43. The molecule has 0 amide bonds. The van der Waals surface area contributed by atoms with Crippen LogP contribution in [0, 0.1) is 98.9 Å². The van der Waals surface area contributed by atoms with E-state index in [2.05, 4.69) is 9.31 Å². The normalized spacial score (nSPS) is 11.3. The number of hydrogen-bond acceptors (Lipinski definition) is 2. The van der Waals surface area contributed by atoms with Gasteiger partial charge in [-0.15, -0.1) is 0 Å². The highest BCUT2D eigenvalue weighted by Gasteiger charge is 2.41. The van der Waals surface area contributed by atoms with E-state index in [0.29, 0.717) is 0 Å². The van der Waals surface area contributed by atoms with Crippen molar-refractivity contribution in [2.24, 2.45) is 0 Å². The molecule has 4 aromatic rings. The second-order valence-corrected chi connectivity index (χ2v) is 8.16. The van der Waals surface area contributed by atoms with E-state index in [1.165, 1.54) is 0 Å². The van der Waals surface area contributed by atoms with E-state index in [1.54, 1.807) is 0 Å². The SMILES string of the molecule is Fc1cc(F)c(F)c(B(Oc2c(F)c(F)c(F)c(F)c2F)Oc2c(F)c(F)c(F)c(F)c2-c2c(F)c(F)c(F)c(F)c2F)c1. The fourth-order valence-corrected chi connectivity index (χ4v) is 3.57. The molecule has 0 aromatic heterocycles. The van der Waals surface area contributed by atoms with Gasteiger partial charge in [0.25, 0.3) is 0 Å². The van der Waals surface area contributed by atoms with Crippen LogP contribution in [-0.4, -0.2) is 7.12 Å². The van der Waals surface area contributed by atoms with Crippen molar-refractivity contribution >= 4 is 12.6 Å². The van der Waals surface area contributed by atoms with Crippen LogP contribution in [0.2, 0.25) is 0 Å². The Morgan fingerprint density at radius 3 is 1.14 bits per heavy atom. The first-order valence-electron chi connectivity index (χ1n) is 10.8. The first kappa shape index (κ1) is 32.3. The highest BCUT2D eigenvalue weighted by molar-refractivity contribution is 6.63. The number of benzene rings is 4. The Bertz CT molecular complexity index is 1800. The predicted octanol–water partition coefficient (Wildman–Crippen LogP) is 7.57. The third-order valence-electron chi connectivity index (χ3n) is 5.58. The summed E-state index contributed by atoms with van der Waals surface area (Å²) in [7, 11) is -3.62. The van der Waals surface area contributed by atoms with Crippen LogP contribution in [0.3, 0.4) is 0 Å². The van der Waals surface area contributed by atoms with E-state index < -0.39 is 134 Å². The molecule has 44 heavy (non-hydrogen) atoms. The maximum absolute atomic E-state index is 14.9. The van der Waals surface area contributed by atoms with Crippen LogP contribution in [0.25, 0.3) is 11.1 Å². The lowest BCUT2D eigenvalue weighted by molar-refractivity contribution is 0.328. The van der Waals surface area contributed by atoms with Gasteiger partial charge in [-0.2, -0.15) is 13.2 Å². The summed E-state index contributed by atoms with van der Waals surface area (Å²) >= 11 is 0. The van der Waals surface area contributed by atoms with E-state index in [4.69, 9.17) is 0 Å². The van der Waals surface area contributed by atoms with Gasteiger partial charge >= 0.3 is 7.12 Å². The fourth-order valence-electron chi connectivity index (χ4n) is 3.57. The van der Waals surface area contributed by atoms with Gasteiger partial charge in [0.05, 0.1) is 16.6 Å². The quantitative estimate of drug-likeness (QED) is 0.0924. The predicted molar refractivity (Wildman–Crippen MR) is 111 cm³/mol. The summed E-state index contributed by atoms with van der Waals surface area (Å²) in [6.45, 7) is 0. The average molecular weight is 656 g/mol. The standard InChI is InChI=1S/C24H2BF17O2/c26-3-1-4(8(28)5(27)2-3)25(44-24-21(41)18(38)16(36)19(39)22(24)42)43-23-7(11(31)14(34)17(37)20(23)40)6-9(29)12(32)15(35)13(33)10(6)30/h1-2H. The summed E-state index contributed by atoms with van der Waals surface area (Å²) in [5.41, 5.74) is -7.11. The van der Waals surface area contributed by atoms with Crippen molar-refractivity contribution in [1.29, 1.82) is 0 Å². The molecular formula is C24H2BF17O2. The van der Waals surface area contributed by atoms with Crippen LogP contribution < -0.4 is 14.8 Å². The van der Waals surface area contributed by atoms with Gasteiger partial charge in [-0.05, 0) is 6.07 Å². The lowest BCUT2D eigenvalue weighted by atomic mass is 9.77. The number of hydrogen-bond donors (Lipinski definition) is 0. The molecule has 0 bridgehead atoms. The van der Waals surface area contributed by atoms with Gasteiger partial charge in [-0.25, -0.2) is 61.5 Å². The maximum atomic E-state index is 14.9. The lowest BCUT2D eigenvalue weighted by Crippen LogP contribution is -2.46. The van der Waals surface area contributed by atoms with Crippen LogP contribution >= 0.6 is 0 Å². The van der Waals surface area contributed by atoms with E-state index in [9.17, 15) is 74.6 Å². The molecule has 0 N–H and O–H groups in total. The van der Waals surface area contributed by atoms with E-state index in [-0.39, 0.29) is 12.1 Å². The molecule has 0 aliphatic rings. The van der Waals surface area contributed by atoms with Crippen molar-refractivity contribution in [3.05, 3.63) is 111 Å². The summed E-state index contributed by atoms with van der Waals surface area (Å²) in [5.74, 6) is -52.9.